The molecule has 182 valence electrons. The average molecular weight is 484 g/mol. The van der Waals surface area contributed by atoms with Gasteiger partial charge in [0.05, 0.1) is 22.6 Å². The molecule has 4 heteroatoms. The van der Waals surface area contributed by atoms with Crippen molar-refractivity contribution in [1.82, 2.24) is 9.78 Å². The Bertz CT molecular complexity index is 1570. The molecule has 0 fully saturated rings. The van der Waals surface area contributed by atoms with Gasteiger partial charge in [-0.2, -0.15) is 10.4 Å². The number of ketones is 1. The van der Waals surface area contributed by atoms with Gasteiger partial charge in [0.15, 0.2) is 5.78 Å². The summed E-state index contributed by atoms with van der Waals surface area (Å²) in [6.45, 7) is 6.26. The molecule has 0 amide bonds. The second kappa shape index (κ2) is 8.71. The molecule has 0 spiro atoms. The molecule has 0 saturated carbocycles. The van der Waals surface area contributed by atoms with Crippen molar-refractivity contribution < 1.29 is 4.79 Å². The molecular weight excluding hydrogens is 454 g/mol. The number of aryl methyl sites for hydroxylation is 1. The van der Waals surface area contributed by atoms with Crippen LogP contribution in [-0.4, -0.2) is 15.6 Å². The second-order valence-corrected chi connectivity index (χ2v) is 10.6. The minimum atomic E-state index is -0.472. The molecule has 4 nitrogen and oxygen atoms in total. The van der Waals surface area contributed by atoms with Crippen LogP contribution in [0, 0.1) is 30.1 Å². The Morgan fingerprint density at radius 1 is 0.946 bits per heavy atom. The Labute approximate surface area is 217 Å². The molecule has 0 aliphatic heterocycles. The summed E-state index contributed by atoms with van der Waals surface area (Å²) < 4.78 is 2.07. The van der Waals surface area contributed by atoms with Gasteiger partial charge < -0.3 is 0 Å². The predicted molar refractivity (Wildman–Crippen MR) is 146 cm³/mol. The minimum absolute atomic E-state index is 0.0366. The lowest BCUT2D eigenvalue weighted by Crippen LogP contribution is -2.46. The molecule has 0 unspecified atom stereocenters. The third-order valence-corrected chi connectivity index (χ3v) is 8.36. The Balaban J connectivity index is 1.57. The fourth-order valence-corrected chi connectivity index (χ4v) is 6.40. The molecule has 4 aromatic rings. The zero-order chi connectivity index (χ0) is 25.7. The van der Waals surface area contributed by atoms with Gasteiger partial charge in [0.2, 0.25) is 0 Å². The van der Waals surface area contributed by atoms with Crippen molar-refractivity contribution in [2.24, 2.45) is 11.8 Å². The van der Waals surface area contributed by atoms with Crippen molar-refractivity contribution in [2.45, 2.75) is 39.0 Å². The van der Waals surface area contributed by atoms with Gasteiger partial charge in [-0.15, -0.1) is 0 Å². The topological polar surface area (TPSA) is 58.7 Å². The molecule has 0 bridgehead atoms. The third kappa shape index (κ3) is 3.65. The van der Waals surface area contributed by atoms with Crippen molar-refractivity contribution >= 4 is 5.78 Å². The number of fused-ring (bicyclic) bond motifs is 3. The highest BCUT2D eigenvalue weighted by molar-refractivity contribution is 6.02. The van der Waals surface area contributed by atoms with E-state index in [9.17, 15) is 10.1 Å². The van der Waals surface area contributed by atoms with Gasteiger partial charge in [0.25, 0.3) is 0 Å². The molecule has 1 aromatic heterocycles. The van der Waals surface area contributed by atoms with Crippen LogP contribution in [0.5, 0.6) is 0 Å². The molecule has 1 heterocycles. The first-order chi connectivity index (χ1) is 17.9. The second-order valence-electron chi connectivity index (χ2n) is 10.6. The summed E-state index contributed by atoms with van der Waals surface area (Å²) in [4.78, 5) is 12.9. The van der Waals surface area contributed by atoms with Crippen LogP contribution in [0.2, 0.25) is 0 Å². The summed E-state index contributed by atoms with van der Waals surface area (Å²) in [7, 11) is 0. The largest absolute Gasteiger partial charge is 0.293 e. The molecular formula is C33H29N3O. The number of nitrogens with zero attached hydrogens (tertiary/aromatic N) is 3. The Morgan fingerprint density at radius 3 is 2.27 bits per heavy atom. The highest BCUT2D eigenvalue weighted by atomic mass is 16.1. The smallest absolute Gasteiger partial charge is 0.176 e. The number of benzene rings is 3. The number of rotatable bonds is 3. The van der Waals surface area contributed by atoms with E-state index in [2.05, 4.69) is 85.3 Å². The highest BCUT2D eigenvalue weighted by Gasteiger charge is 2.50. The maximum absolute atomic E-state index is 12.9. The number of allylic oxidation sites excluding steroid dienone is 2. The first kappa shape index (κ1) is 23.2. The van der Waals surface area contributed by atoms with Crippen molar-refractivity contribution in [3.8, 4) is 34.1 Å². The van der Waals surface area contributed by atoms with Crippen molar-refractivity contribution in [1.29, 1.82) is 5.26 Å². The molecule has 0 N–H and O–H groups in total. The van der Waals surface area contributed by atoms with Gasteiger partial charge in [0.1, 0.15) is 6.07 Å². The monoisotopic (exact) mass is 483 g/mol. The number of Topliss-reactive ketones (excluding diaryl/α,β-unsaturated/α-hetero) is 1. The molecule has 37 heavy (non-hydrogen) atoms. The number of hydrogen-bond donors (Lipinski definition) is 0. The quantitative estimate of drug-likeness (QED) is 0.315. The molecule has 0 saturated heterocycles. The number of nitriles is 1. The molecule has 6 rings (SSSR count). The first-order valence-corrected chi connectivity index (χ1v) is 12.9. The van der Waals surface area contributed by atoms with Crippen LogP contribution in [-0.2, 0) is 16.6 Å². The summed E-state index contributed by atoms with van der Waals surface area (Å²) >= 11 is 0. The van der Waals surface area contributed by atoms with Gasteiger partial charge in [0, 0.05) is 22.5 Å². The summed E-state index contributed by atoms with van der Waals surface area (Å²) in [6, 6.07) is 29.6. The van der Waals surface area contributed by atoms with Crippen molar-refractivity contribution in [3.05, 3.63) is 107 Å². The predicted octanol–water partition coefficient (Wildman–Crippen LogP) is 7.00. The van der Waals surface area contributed by atoms with Crippen LogP contribution in [0.15, 0.2) is 90.5 Å². The molecule has 3 aromatic carbocycles. The van der Waals surface area contributed by atoms with E-state index in [0.29, 0.717) is 0 Å². The fraction of sp³-hybridized carbons (Fsp3) is 0.242. The zero-order valence-electron chi connectivity index (χ0n) is 21.4. The Kier molecular flexibility index (Phi) is 5.46. The number of carbonyl (C=O) groups is 1. The first-order valence-electron chi connectivity index (χ1n) is 12.9. The van der Waals surface area contributed by atoms with Crippen molar-refractivity contribution in [2.75, 3.05) is 0 Å². The van der Waals surface area contributed by atoms with Crippen molar-refractivity contribution in [3.63, 3.8) is 0 Å². The average Bonchev–Trinajstić information content (AvgIpc) is 3.33. The Hall–Kier alpha value is -4.23. The maximum atomic E-state index is 12.9. The number of aromatic nitrogens is 2. The van der Waals surface area contributed by atoms with E-state index in [4.69, 9.17) is 5.10 Å². The van der Waals surface area contributed by atoms with Crippen LogP contribution in [0.3, 0.4) is 0 Å². The van der Waals surface area contributed by atoms with E-state index < -0.39 is 5.41 Å². The normalized spacial score (nSPS) is 22.5. The van der Waals surface area contributed by atoms with Gasteiger partial charge in [-0.3, -0.25) is 4.79 Å². The van der Waals surface area contributed by atoms with E-state index in [1.165, 1.54) is 16.7 Å². The maximum Gasteiger partial charge on any atom is 0.176 e. The number of carbonyl (C=O) groups excluding carboxylic acids is 1. The minimum Gasteiger partial charge on any atom is -0.293 e. The van der Waals surface area contributed by atoms with E-state index in [1.807, 2.05) is 31.2 Å². The van der Waals surface area contributed by atoms with E-state index >= 15 is 0 Å². The van der Waals surface area contributed by atoms with Crippen LogP contribution in [0.1, 0.15) is 37.1 Å². The number of hydrogen-bond acceptors (Lipinski definition) is 3. The lowest BCUT2D eigenvalue weighted by molar-refractivity contribution is -0.121. The van der Waals surface area contributed by atoms with Crippen LogP contribution in [0.25, 0.3) is 28.1 Å². The fourth-order valence-electron chi connectivity index (χ4n) is 6.40. The lowest BCUT2D eigenvalue weighted by atomic mass is 9.57. The summed E-state index contributed by atoms with van der Waals surface area (Å²) in [5.41, 5.74) is 8.69. The molecule has 0 radical (unpaired) electrons. The standard InChI is InChI=1S/C33H29N3O/c1-21-9-11-25(12-10-21)30-28-17-18-29-22(2)31(37)26(20-34)19-33(29,3)32(28)36(35-30)27-15-13-24(14-16-27)23-7-5-4-6-8-23/h4-16,19,22,29H,17-18H2,1-3H3/t22-,29-,33-/m1/s1. The van der Waals surface area contributed by atoms with Gasteiger partial charge in [-0.05, 0) is 48.9 Å². The molecule has 3 atom stereocenters. The highest BCUT2D eigenvalue weighted by Crippen LogP contribution is 2.52. The summed E-state index contributed by atoms with van der Waals surface area (Å²) in [6.07, 6.45) is 3.67. The van der Waals surface area contributed by atoms with Crippen LogP contribution >= 0.6 is 0 Å². The SMILES string of the molecule is Cc1ccc(-c2nn(-c3ccc(-c4ccccc4)cc3)c3c2CC[C@@H]2[C@@H](C)C(=O)C(C#N)=C[C@@]32C)cc1. The van der Waals surface area contributed by atoms with Crippen LogP contribution < -0.4 is 0 Å². The van der Waals surface area contributed by atoms with Gasteiger partial charge in [-0.25, -0.2) is 4.68 Å². The van der Waals surface area contributed by atoms with E-state index in [1.54, 1.807) is 0 Å². The van der Waals surface area contributed by atoms with Gasteiger partial charge in [-0.1, -0.05) is 92.2 Å². The lowest BCUT2D eigenvalue weighted by Gasteiger charge is -2.45. The van der Waals surface area contributed by atoms with E-state index in [0.717, 1.165) is 41.0 Å². The molecule has 2 aliphatic rings. The Morgan fingerprint density at radius 2 is 1.59 bits per heavy atom. The summed E-state index contributed by atoms with van der Waals surface area (Å²) in [5, 5.41) is 15.0. The molecule has 2 aliphatic carbocycles. The van der Waals surface area contributed by atoms with Gasteiger partial charge >= 0.3 is 0 Å². The zero-order valence-corrected chi connectivity index (χ0v) is 21.4. The van der Waals surface area contributed by atoms with E-state index in [-0.39, 0.29) is 23.2 Å². The van der Waals surface area contributed by atoms with Crippen LogP contribution in [0.4, 0.5) is 0 Å². The summed E-state index contributed by atoms with van der Waals surface area (Å²) in [5.74, 6) is -0.121. The third-order valence-electron chi connectivity index (χ3n) is 8.36.